The smallest absolute Gasteiger partial charge is 0.331 e. The Morgan fingerprint density at radius 3 is 2.47 bits per heavy atom. The molecule has 0 atom stereocenters. The normalized spacial score (nSPS) is 11.7. The summed E-state index contributed by atoms with van der Waals surface area (Å²) in [5.74, 6) is -0.334. The Kier molecular flexibility index (Phi) is 3.61. The number of aromatic nitrogens is 1. The topological polar surface area (TPSA) is 39.2 Å². The third-order valence-corrected chi connectivity index (χ3v) is 1.52. The molecule has 0 bridgehead atoms. The van der Waals surface area contributed by atoms with E-state index in [1.54, 1.807) is 18.5 Å². The van der Waals surface area contributed by atoms with Crippen LogP contribution in [0.5, 0.6) is 0 Å². The van der Waals surface area contributed by atoms with Crippen molar-refractivity contribution < 1.29 is 9.53 Å². The van der Waals surface area contributed by atoms with Gasteiger partial charge in [-0.05, 0) is 44.5 Å². The summed E-state index contributed by atoms with van der Waals surface area (Å²) in [5.41, 5.74) is 0.482. The maximum absolute atomic E-state index is 11.3. The first-order chi connectivity index (χ1) is 6.97. The number of carbonyl (C=O) groups is 1. The second-order valence-electron chi connectivity index (χ2n) is 4.15. The number of ether oxygens (including phenoxy) is 1. The van der Waals surface area contributed by atoms with Crippen LogP contribution in [0.3, 0.4) is 0 Å². The average molecular weight is 205 g/mol. The summed E-state index contributed by atoms with van der Waals surface area (Å²) in [4.78, 5) is 15.2. The van der Waals surface area contributed by atoms with Crippen LogP contribution in [-0.4, -0.2) is 16.6 Å². The highest BCUT2D eigenvalue weighted by Crippen LogP contribution is 2.08. The van der Waals surface area contributed by atoms with Crippen molar-refractivity contribution in [3.8, 4) is 0 Å². The molecule has 0 unspecified atom stereocenters. The number of rotatable bonds is 2. The molecule has 0 fully saturated rings. The van der Waals surface area contributed by atoms with Gasteiger partial charge in [-0.2, -0.15) is 0 Å². The van der Waals surface area contributed by atoms with E-state index < -0.39 is 5.60 Å². The maximum Gasteiger partial charge on any atom is 0.331 e. The highest BCUT2D eigenvalue weighted by atomic mass is 16.6. The lowest BCUT2D eigenvalue weighted by Crippen LogP contribution is -2.22. The molecule has 0 spiro atoms. The molecule has 0 aliphatic rings. The van der Waals surface area contributed by atoms with E-state index in [-0.39, 0.29) is 5.97 Å². The van der Waals surface area contributed by atoms with Gasteiger partial charge in [0, 0.05) is 18.5 Å². The standard InChI is InChI=1S/C12H15NO2/c1-12(2,3)15-11(14)5-4-10-6-8-13-9-7-10/h4-9H,1-3H3. The summed E-state index contributed by atoms with van der Waals surface area (Å²) in [7, 11) is 0. The van der Waals surface area contributed by atoms with Crippen molar-refractivity contribution in [3.63, 3.8) is 0 Å². The number of carbonyl (C=O) groups excluding carboxylic acids is 1. The molecule has 80 valence electrons. The molecule has 0 saturated heterocycles. The van der Waals surface area contributed by atoms with Gasteiger partial charge in [-0.25, -0.2) is 4.79 Å². The fourth-order valence-corrected chi connectivity index (χ4v) is 0.975. The van der Waals surface area contributed by atoms with E-state index in [1.807, 2.05) is 32.9 Å². The first-order valence-electron chi connectivity index (χ1n) is 4.78. The minimum absolute atomic E-state index is 0.334. The van der Waals surface area contributed by atoms with Crippen LogP contribution in [0.1, 0.15) is 26.3 Å². The summed E-state index contributed by atoms with van der Waals surface area (Å²) >= 11 is 0. The Bertz CT molecular complexity index is 350. The summed E-state index contributed by atoms with van der Waals surface area (Å²) in [6.45, 7) is 5.52. The Labute approximate surface area is 89.8 Å². The van der Waals surface area contributed by atoms with Crippen LogP contribution in [0.4, 0.5) is 0 Å². The van der Waals surface area contributed by atoms with Gasteiger partial charge in [0.25, 0.3) is 0 Å². The third-order valence-electron chi connectivity index (χ3n) is 1.52. The molecular weight excluding hydrogens is 190 g/mol. The molecule has 1 aromatic heterocycles. The zero-order valence-electron chi connectivity index (χ0n) is 9.23. The maximum atomic E-state index is 11.3. The Morgan fingerprint density at radius 2 is 1.93 bits per heavy atom. The van der Waals surface area contributed by atoms with Crippen LogP contribution in [0.2, 0.25) is 0 Å². The zero-order valence-corrected chi connectivity index (χ0v) is 9.23. The van der Waals surface area contributed by atoms with Crippen LogP contribution in [0.15, 0.2) is 30.6 Å². The average Bonchev–Trinajstić information content (AvgIpc) is 2.14. The van der Waals surface area contributed by atoms with Gasteiger partial charge >= 0.3 is 5.97 Å². The number of esters is 1. The predicted octanol–water partition coefficient (Wildman–Crippen LogP) is 2.44. The molecule has 0 aliphatic heterocycles. The van der Waals surface area contributed by atoms with Crippen LogP contribution in [0.25, 0.3) is 6.08 Å². The van der Waals surface area contributed by atoms with Gasteiger partial charge in [0.15, 0.2) is 0 Å². The summed E-state index contributed by atoms with van der Waals surface area (Å²) in [5, 5.41) is 0. The number of nitrogens with zero attached hydrogens (tertiary/aromatic N) is 1. The van der Waals surface area contributed by atoms with Crippen LogP contribution >= 0.6 is 0 Å². The molecule has 0 aliphatic carbocycles. The molecule has 0 saturated carbocycles. The molecular formula is C12H15NO2. The Morgan fingerprint density at radius 1 is 1.33 bits per heavy atom. The number of hydrogen-bond acceptors (Lipinski definition) is 3. The summed E-state index contributed by atoms with van der Waals surface area (Å²) in [6.07, 6.45) is 6.47. The zero-order chi connectivity index (χ0) is 11.3. The lowest BCUT2D eigenvalue weighted by atomic mass is 10.2. The quantitative estimate of drug-likeness (QED) is 0.550. The van der Waals surface area contributed by atoms with E-state index in [9.17, 15) is 4.79 Å². The largest absolute Gasteiger partial charge is 0.457 e. The van der Waals surface area contributed by atoms with Crippen molar-refractivity contribution in [3.05, 3.63) is 36.2 Å². The lowest BCUT2D eigenvalue weighted by molar-refractivity contribution is -0.148. The van der Waals surface area contributed by atoms with Gasteiger partial charge in [0.05, 0.1) is 0 Å². The van der Waals surface area contributed by atoms with Crippen molar-refractivity contribution in [2.45, 2.75) is 26.4 Å². The van der Waals surface area contributed by atoms with E-state index in [0.29, 0.717) is 0 Å². The number of hydrogen-bond donors (Lipinski definition) is 0. The highest BCUT2D eigenvalue weighted by molar-refractivity contribution is 5.87. The second kappa shape index (κ2) is 4.73. The Hall–Kier alpha value is -1.64. The molecule has 0 aromatic carbocycles. The molecule has 0 radical (unpaired) electrons. The summed E-state index contributed by atoms with van der Waals surface area (Å²) < 4.78 is 5.12. The minimum atomic E-state index is -0.445. The van der Waals surface area contributed by atoms with E-state index in [2.05, 4.69) is 4.98 Å². The molecule has 3 nitrogen and oxygen atoms in total. The van der Waals surface area contributed by atoms with Gasteiger partial charge in [-0.15, -0.1) is 0 Å². The molecule has 1 aromatic rings. The predicted molar refractivity (Wildman–Crippen MR) is 59.1 cm³/mol. The van der Waals surface area contributed by atoms with Crippen molar-refractivity contribution in [2.24, 2.45) is 0 Å². The SMILES string of the molecule is CC(C)(C)OC(=O)C=Cc1ccncc1. The summed E-state index contributed by atoms with van der Waals surface area (Å²) in [6, 6.07) is 3.64. The second-order valence-corrected chi connectivity index (χ2v) is 4.15. The molecule has 0 amide bonds. The van der Waals surface area contributed by atoms with Gasteiger partial charge in [-0.3, -0.25) is 4.98 Å². The van der Waals surface area contributed by atoms with E-state index in [0.717, 1.165) is 5.56 Å². The van der Waals surface area contributed by atoms with Crippen LogP contribution in [-0.2, 0) is 9.53 Å². The van der Waals surface area contributed by atoms with Gasteiger partial charge in [-0.1, -0.05) is 0 Å². The van der Waals surface area contributed by atoms with Gasteiger partial charge in [0.2, 0.25) is 0 Å². The van der Waals surface area contributed by atoms with Crippen LogP contribution < -0.4 is 0 Å². The third kappa shape index (κ3) is 4.96. The fourth-order valence-electron chi connectivity index (χ4n) is 0.975. The molecule has 1 heterocycles. The molecule has 0 N–H and O–H groups in total. The minimum Gasteiger partial charge on any atom is -0.457 e. The van der Waals surface area contributed by atoms with Gasteiger partial charge < -0.3 is 4.74 Å². The van der Waals surface area contributed by atoms with Crippen molar-refractivity contribution in [1.29, 1.82) is 0 Å². The van der Waals surface area contributed by atoms with E-state index in [1.165, 1.54) is 6.08 Å². The molecule has 15 heavy (non-hydrogen) atoms. The monoisotopic (exact) mass is 205 g/mol. The van der Waals surface area contributed by atoms with Crippen molar-refractivity contribution in [2.75, 3.05) is 0 Å². The molecule has 1 rings (SSSR count). The lowest BCUT2D eigenvalue weighted by Gasteiger charge is -2.17. The fraction of sp³-hybridized carbons (Fsp3) is 0.333. The Balaban J connectivity index is 2.56. The van der Waals surface area contributed by atoms with E-state index in [4.69, 9.17) is 4.74 Å². The van der Waals surface area contributed by atoms with Gasteiger partial charge in [0.1, 0.15) is 5.60 Å². The highest BCUT2D eigenvalue weighted by Gasteiger charge is 2.13. The van der Waals surface area contributed by atoms with Crippen molar-refractivity contribution in [1.82, 2.24) is 4.98 Å². The van der Waals surface area contributed by atoms with E-state index >= 15 is 0 Å². The van der Waals surface area contributed by atoms with Crippen molar-refractivity contribution >= 4 is 12.0 Å². The van der Waals surface area contributed by atoms with Crippen LogP contribution in [0, 0.1) is 0 Å². The number of pyridine rings is 1. The molecule has 3 heteroatoms. The first-order valence-corrected chi connectivity index (χ1v) is 4.78. The first kappa shape index (κ1) is 11.4.